The van der Waals surface area contributed by atoms with E-state index in [1.54, 1.807) is 6.92 Å². The Bertz CT molecular complexity index is 389. The summed E-state index contributed by atoms with van der Waals surface area (Å²) in [4.78, 5) is 0. The summed E-state index contributed by atoms with van der Waals surface area (Å²) in [6.45, 7) is 5.59. The average Bonchev–Trinajstić information content (AvgIpc) is 2.08. The van der Waals surface area contributed by atoms with E-state index in [0.717, 1.165) is 0 Å². The van der Waals surface area contributed by atoms with Crippen LogP contribution < -0.4 is 0 Å². The molecule has 0 heterocycles. The Morgan fingerprint density at radius 1 is 1.31 bits per heavy atom. The molecule has 0 radical (unpaired) electrons. The predicted molar refractivity (Wildman–Crippen MR) is 65.4 cm³/mol. The van der Waals surface area contributed by atoms with E-state index in [4.69, 9.17) is 23.2 Å². The molecular formula is C12H15Cl2FO. The molecule has 0 aromatic heterocycles. The number of halogens is 3. The fraction of sp³-hybridized carbons (Fsp3) is 0.500. The zero-order valence-corrected chi connectivity index (χ0v) is 11.0. The lowest BCUT2D eigenvalue weighted by Crippen LogP contribution is -2.24. The first-order chi connectivity index (χ1) is 7.24. The monoisotopic (exact) mass is 264 g/mol. The summed E-state index contributed by atoms with van der Waals surface area (Å²) in [5.41, 5.74) is -0.763. The van der Waals surface area contributed by atoms with Crippen molar-refractivity contribution in [3.05, 3.63) is 33.6 Å². The molecule has 0 saturated heterocycles. The summed E-state index contributed by atoms with van der Waals surface area (Å²) >= 11 is 11.6. The number of rotatable bonds is 3. The molecule has 1 nitrogen and oxygen atoms in total. The van der Waals surface area contributed by atoms with Crippen molar-refractivity contribution in [3.8, 4) is 0 Å². The third-order valence-corrected chi connectivity index (χ3v) is 3.00. The highest BCUT2D eigenvalue weighted by molar-refractivity contribution is 6.35. The van der Waals surface area contributed by atoms with Gasteiger partial charge in [-0.05, 0) is 31.4 Å². The molecule has 0 amide bonds. The molecule has 1 atom stereocenters. The lowest BCUT2D eigenvalue weighted by Gasteiger charge is -2.27. The smallest absolute Gasteiger partial charge is 0.142 e. The van der Waals surface area contributed by atoms with Crippen LogP contribution in [0.4, 0.5) is 4.39 Å². The second-order valence-corrected chi connectivity index (χ2v) is 5.43. The van der Waals surface area contributed by atoms with Gasteiger partial charge in [0.25, 0.3) is 0 Å². The average molecular weight is 265 g/mol. The minimum absolute atomic E-state index is 0.0332. The first-order valence-corrected chi connectivity index (χ1v) is 5.87. The first kappa shape index (κ1) is 13.8. The molecule has 0 aliphatic rings. The lowest BCUT2D eigenvalue weighted by atomic mass is 9.87. The van der Waals surface area contributed by atoms with Crippen LogP contribution in [0.5, 0.6) is 0 Å². The molecule has 0 spiro atoms. The van der Waals surface area contributed by atoms with Crippen LogP contribution in [0, 0.1) is 11.7 Å². The van der Waals surface area contributed by atoms with E-state index in [1.807, 2.05) is 13.8 Å². The molecule has 1 aromatic carbocycles. The Kier molecular flexibility index (Phi) is 4.22. The molecule has 0 fully saturated rings. The number of benzene rings is 1. The first-order valence-electron chi connectivity index (χ1n) is 5.11. The second kappa shape index (κ2) is 4.91. The van der Waals surface area contributed by atoms with Crippen LogP contribution in [0.1, 0.15) is 32.8 Å². The summed E-state index contributed by atoms with van der Waals surface area (Å²) in [6.07, 6.45) is 0.508. The van der Waals surface area contributed by atoms with Crippen molar-refractivity contribution in [2.75, 3.05) is 0 Å². The van der Waals surface area contributed by atoms with E-state index in [9.17, 15) is 9.50 Å². The predicted octanol–water partition coefficient (Wildman–Crippen LogP) is 4.39. The zero-order chi connectivity index (χ0) is 12.5. The van der Waals surface area contributed by atoms with Crippen molar-refractivity contribution in [3.63, 3.8) is 0 Å². The molecular weight excluding hydrogens is 250 g/mol. The topological polar surface area (TPSA) is 20.2 Å². The van der Waals surface area contributed by atoms with Crippen molar-refractivity contribution >= 4 is 23.2 Å². The summed E-state index contributed by atoms with van der Waals surface area (Å²) in [5, 5.41) is 10.5. The van der Waals surface area contributed by atoms with Crippen LogP contribution >= 0.6 is 23.2 Å². The molecule has 4 heteroatoms. The van der Waals surface area contributed by atoms with Crippen LogP contribution in [0.2, 0.25) is 10.0 Å². The maximum atomic E-state index is 13.3. The summed E-state index contributed by atoms with van der Waals surface area (Å²) in [7, 11) is 0. The van der Waals surface area contributed by atoms with Crippen LogP contribution in [0.25, 0.3) is 0 Å². The Labute approximate surface area is 105 Å². The molecule has 0 bridgehead atoms. The minimum Gasteiger partial charge on any atom is -0.385 e. The number of aliphatic hydroxyl groups is 1. The fourth-order valence-corrected chi connectivity index (χ4v) is 2.43. The highest BCUT2D eigenvalue weighted by atomic mass is 35.5. The molecule has 0 aliphatic heterocycles. The third kappa shape index (κ3) is 3.09. The quantitative estimate of drug-likeness (QED) is 0.804. The van der Waals surface area contributed by atoms with Gasteiger partial charge in [0.05, 0.1) is 10.6 Å². The largest absolute Gasteiger partial charge is 0.385 e. The van der Waals surface area contributed by atoms with Crippen LogP contribution in [-0.4, -0.2) is 5.11 Å². The molecule has 1 aromatic rings. The molecule has 1 unspecified atom stereocenters. The van der Waals surface area contributed by atoms with Crippen LogP contribution in [0.15, 0.2) is 12.1 Å². The van der Waals surface area contributed by atoms with Gasteiger partial charge in [0.2, 0.25) is 0 Å². The standard InChI is InChI=1S/C12H15Cl2FO/c1-7(2)6-12(3,16)8-4-11(15)10(14)5-9(8)13/h4-5,7,16H,6H2,1-3H3. The van der Waals surface area contributed by atoms with Crippen molar-refractivity contribution in [1.82, 2.24) is 0 Å². The second-order valence-electron chi connectivity index (χ2n) is 4.62. The Balaban J connectivity index is 3.17. The van der Waals surface area contributed by atoms with Gasteiger partial charge in [-0.2, -0.15) is 0 Å². The van der Waals surface area contributed by atoms with E-state index in [-0.39, 0.29) is 16.0 Å². The van der Waals surface area contributed by atoms with Crippen LogP contribution in [0.3, 0.4) is 0 Å². The third-order valence-electron chi connectivity index (χ3n) is 2.40. The zero-order valence-electron chi connectivity index (χ0n) is 9.52. The molecule has 1 rings (SSSR count). The fourth-order valence-electron chi connectivity index (χ4n) is 1.84. The SMILES string of the molecule is CC(C)CC(C)(O)c1cc(F)c(Cl)cc1Cl. The number of hydrogen-bond acceptors (Lipinski definition) is 1. The van der Waals surface area contributed by atoms with Gasteiger partial charge < -0.3 is 5.11 Å². The summed E-state index contributed by atoms with van der Waals surface area (Å²) in [5.74, 6) is -0.282. The lowest BCUT2D eigenvalue weighted by molar-refractivity contribution is 0.0347. The molecule has 0 saturated carbocycles. The van der Waals surface area contributed by atoms with E-state index in [2.05, 4.69) is 0 Å². The van der Waals surface area contributed by atoms with Crippen molar-refractivity contribution < 1.29 is 9.50 Å². The minimum atomic E-state index is -1.14. The van der Waals surface area contributed by atoms with Gasteiger partial charge >= 0.3 is 0 Å². The van der Waals surface area contributed by atoms with E-state index in [0.29, 0.717) is 12.0 Å². The van der Waals surface area contributed by atoms with E-state index in [1.165, 1.54) is 12.1 Å². The summed E-state index contributed by atoms with van der Waals surface area (Å²) in [6, 6.07) is 2.52. The molecule has 1 N–H and O–H groups in total. The van der Waals surface area contributed by atoms with Crippen molar-refractivity contribution in [2.24, 2.45) is 5.92 Å². The number of hydrogen-bond donors (Lipinski definition) is 1. The van der Waals surface area contributed by atoms with Gasteiger partial charge in [-0.15, -0.1) is 0 Å². The normalized spacial score (nSPS) is 15.2. The molecule has 0 aliphatic carbocycles. The summed E-state index contributed by atoms with van der Waals surface area (Å²) < 4.78 is 13.3. The van der Waals surface area contributed by atoms with E-state index < -0.39 is 11.4 Å². The van der Waals surface area contributed by atoms with Gasteiger partial charge in [-0.25, -0.2) is 4.39 Å². The van der Waals surface area contributed by atoms with Gasteiger partial charge in [-0.1, -0.05) is 37.0 Å². The van der Waals surface area contributed by atoms with Gasteiger partial charge in [0.15, 0.2) is 0 Å². The molecule has 16 heavy (non-hydrogen) atoms. The van der Waals surface area contributed by atoms with Crippen molar-refractivity contribution in [2.45, 2.75) is 32.8 Å². The Morgan fingerprint density at radius 2 is 1.88 bits per heavy atom. The van der Waals surface area contributed by atoms with Gasteiger partial charge in [0, 0.05) is 10.6 Å². The van der Waals surface area contributed by atoms with Crippen molar-refractivity contribution in [1.29, 1.82) is 0 Å². The highest BCUT2D eigenvalue weighted by Crippen LogP contribution is 2.35. The maximum Gasteiger partial charge on any atom is 0.142 e. The molecule has 90 valence electrons. The van der Waals surface area contributed by atoms with E-state index >= 15 is 0 Å². The Hall–Kier alpha value is -0.310. The highest BCUT2D eigenvalue weighted by Gasteiger charge is 2.27. The maximum absolute atomic E-state index is 13.3. The van der Waals surface area contributed by atoms with Crippen LogP contribution in [-0.2, 0) is 5.60 Å². The van der Waals surface area contributed by atoms with Gasteiger partial charge in [-0.3, -0.25) is 0 Å². The Morgan fingerprint density at radius 3 is 2.38 bits per heavy atom. The van der Waals surface area contributed by atoms with Gasteiger partial charge in [0.1, 0.15) is 5.82 Å².